The third-order valence-electron chi connectivity index (χ3n) is 3.53. The average molecular weight is 297 g/mol. The lowest BCUT2D eigenvalue weighted by Crippen LogP contribution is -2.23. The van der Waals surface area contributed by atoms with Crippen molar-refractivity contribution < 1.29 is 9.53 Å². The first-order valence-corrected chi connectivity index (χ1v) is 7.67. The molecule has 0 saturated carbocycles. The second kappa shape index (κ2) is 7.64. The van der Waals surface area contributed by atoms with E-state index in [-0.39, 0.29) is 5.91 Å². The second-order valence-electron chi connectivity index (χ2n) is 5.74. The maximum Gasteiger partial charge on any atom is 0.254 e. The Morgan fingerprint density at radius 1 is 1.23 bits per heavy atom. The number of nitrogens with one attached hydrogen (secondary N) is 1. The van der Waals surface area contributed by atoms with Gasteiger partial charge in [0.05, 0.1) is 6.26 Å². The van der Waals surface area contributed by atoms with Crippen molar-refractivity contribution in [3.05, 3.63) is 65.6 Å². The highest BCUT2D eigenvalue weighted by Gasteiger charge is 2.07. The second-order valence-corrected chi connectivity index (χ2v) is 5.74. The Bertz CT molecular complexity index is 607. The number of rotatable bonds is 5. The van der Waals surface area contributed by atoms with Crippen LogP contribution in [0.5, 0.6) is 5.75 Å². The molecule has 0 atom stereocenters. The standard InChI is InChI=1S/C19H23NO2/c1-14(2)16-9-11-18(12-10-16)22-13-15(3)19(21)20-17-7-5-4-6-8-17/h5,7-14H,4,6H2,1-3H3,(H,20,21)/b15-13+. The maximum atomic E-state index is 12.0. The number of ether oxygens (including phenoxy) is 1. The summed E-state index contributed by atoms with van der Waals surface area (Å²) in [5.41, 5.74) is 2.65. The first-order chi connectivity index (χ1) is 10.6. The van der Waals surface area contributed by atoms with Gasteiger partial charge in [0.1, 0.15) is 5.75 Å². The number of hydrogen-bond donors (Lipinski definition) is 1. The highest BCUT2D eigenvalue weighted by Crippen LogP contribution is 2.19. The zero-order chi connectivity index (χ0) is 15.9. The van der Waals surface area contributed by atoms with Crippen LogP contribution in [0.4, 0.5) is 0 Å². The average Bonchev–Trinajstić information content (AvgIpc) is 2.53. The van der Waals surface area contributed by atoms with Gasteiger partial charge >= 0.3 is 0 Å². The maximum absolute atomic E-state index is 12.0. The normalized spacial score (nSPS) is 14.7. The van der Waals surface area contributed by atoms with Gasteiger partial charge in [-0.05, 0) is 49.5 Å². The molecule has 0 bridgehead atoms. The highest BCUT2D eigenvalue weighted by atomic mass is 16.5. The molecule has 0 radical (unpaired) electrons. The third-order valence-corrected chi connectivity index (χ3v) is 3.53. The number of carbonyl (C=O) groups is 1. The molecular weight excluding hydrogens is 274 g/mol. The van der Waals surface area contributed by atoms with Gasteiger partial charge in [0.2, 0.25) is 0 Å². The van der Waals surface area contributed by atoms with Gasteiger partial charge in [0.15, 0.2) is 0 Å². The Labute approximate surface area is 132 Å². The minimum atomic E-state index is -0.142. The van der Waals surface area contributed by atoms with Gasteiger partial charge in [-0.25, -0.2) is 0 Å². The lowest BCUT2D eigenvalue weighted by molar-refractivity contribution is -0.116. The summed E-state index contributed by atoms with van der Waals surface area (Å²) in [7, 11) is 0. The van der Waals surface area contributed by atoms with Crippen LogP contribution in [0, 0.1) is 0 Å². The van der Waals surface area contributed by atoms with Crippen molar-refractivity contribution in [2.75, 3.05) is 0 Å². The van der Waals surface area contributed by atoms with Crippen LogP contribution in [0.2, 0.25) is 0 Å². The molecule has 1 N–H and O–H groups in total. The van der Waals surface area contributed by atoms with E-state index in [1.54, 1.807) is 6.92 Å². The minimum absolute atomic E-state index is 0.142. The van der Waals surface area contributed by atoms with Gasteiger partial charge in [-0.15, -0.1) is 0 Å². The van der Waals surface area contributed by atoms with Crippen LogP contribution in [0.1, 0.15) is 45.1 Å². The summed E-state index contributed by atoms with van der Waals surface area (Å²) in [5.74, 6) is 1.08. The molecule has 1 amide bonds. The Hall–Kier alpha value is -2.29. The highest BCUT2D eigenvalue weighted by molar-refractivity contribution is 5.94. The zero-order valence-electron chi connectivity index (χ0n) is 13.4. The van der Waals surface area contributed by atoms with Crippen molar-refractivity contribution in [1.29, 1.82) is 0 Å². The Balaban J connectivity index is 1.92. The molecule has 1 aromatic carbocycles. The summed E-state index contributed by atoms with van der Waals surface area (Å²) < 4.78 is 5.55. The van der Waals surface area contributed by atoms with Crippen LogP contribution in [0.15, 0.2) is 60.0 Å². The molecule has 0 aromatic heterocycles. The van der Waals surface area contributed by atoms with Crippen molar-refractivity contribution in [3.63, 3.8) is 0 Å². The quantitative estimate of drug-likeness (QED) is 0.644. The summed E-state index contributed by atoms with van der Waals surface area (Å²) in [6.07, 6.45) is 9.50. The molecule has 0 heterocycles. The predicted molar refractivity (Wildman–Crippen MR) is 89.5 cm³/mol. The molecule has 0 fully saturated rings. The molecule has 116 valence electrons. The number of benzene rings is 1. The number of carbonyl (C=O) groups excluding carboxylic acids is 1. The van der Waals surface area contributed by atoms with Gasteiger partial charge in [0.25, 0.3) is 5.91 Å². The number of hydrogen-bond acceptors (Lipinski definition) is 2. The van der Waals surface area contributed by atoms with Gasteiger partial charge < -0.3 is 10.1 Å². The number of allylic oxidation sites excluding steroid dienone is 3. The van der Waals surface area contributed by atoms with E-state index < -0.39 is 0 Å². The lowest BCUT2D eigenvalue weighted by atomic mass is 10.0. The van der Waals surface area contributed by atoms with Crippen molar-refractivity contribution in [3.8, 4) is 5.75 Å². The smallest absolute Gasteiger partial charge is 0.254 e. The topological polar surface area (TPSA) is 38.3 Å². The third kappa shape index (κ3) is 4.62. The fraction of sp³-hybridized carbons (Fsp3) is 0.316. The van der Waals surface area contributed by atoms with Gasteiger partial charge in [-0.3, -0.25) is 4.79 Å². The van der Waals surface area contributed by atoms with E-state index in [2.05, 4.69) is 25.2 Å². The van der Waals surface area contributed by atoms with Gasteiger partial charge in [-0.1, -0.05) is 38.1 Å². The SMILES string of the molecule is C/C(=C\Oc1ccc(C(C)C)cc1)C(=O)NC1=CCCC=C1. The molecule has 0 aliphatic heterocycles. The fourth-order valence-electron chi connectivity index (χ4n) is 2.08. The van der Waals surface area contributed by atoms with Gasteiger partial charge in [-0.2, -0.15) is 0 Å². The van der Waals surface area contributed by atoms with Crippen molar-refractivity contribution >= 4 is 5.91 Å². The van der Waals surface area contributed by atoms with E-state index in [0.29, 0.717) is 11.5 Å². The molecule has 0 spiro atoms. The van der Waals surface area contributed by atoms with Crippen molar-refractivity contribution in [2.45, 2.75) is 39.5 Å². The Morgan fingerprint density at radius 3 is 2.55 bits per heavy atom. The molecule has 2 rings (SSSR count). The largest absolute Gasteiger partial charge is 0.465 e. The van der Waals surface area contributed by atoms with E-state index >= 15 is 0 Å². The fourth-order valence-corrected chi connectivity index (χ4v) is 2.08. The lowest BCUT2D eigenvalue weighted by Gasteiger charge is -2.10. The van der Waals surface area contributed by atoms with Crippen LogP contribution < -0.4 is 10.1 Å². The molecule has 0 saturated heterocycles. The summed E-state index contributed by atoms with van der Waals surface area (Å²) in [4.78, 5) is 12.0. The monoisotopic (exact) mass is 297 g/mol. The van der Waals surface area contributed by atoms with Crippen LogP contribution >= 0.6 is 0 Å². The molecule has 3 heteroatoms. The zero-order valence-corrected chi connectivity index (χ0v) is 13.4. The summed E-state index contributed by atoms with van der Waals surface area (Å²) in [5, 5.41) is 2.87. The minimum Gasteiger partial charge on any atom is -0.465 e. The molecule has 0 unspecified atom stereocenters. The van der Waals surface area contributed by atoms with Crippen LogP contribution in [-0.2, 0) is 4.79 Å². The van der Waals surface area contributed by atoms with Crippen molar-refractivity contribution in [1.82, 2.24) is 5.32 Å². The first-order valence-electron chi connectivity index (χ1n) is 7.67. The van der Waals surface area contributed by atoms with E-state index in [1.807, 2.05) is 36.4 Å². The summed E-state index contributed by atoms with van der Waals surface area (Å²) >= 11 is 0. The van der Waals surface area contributed by atoms with E-state index in [1.165, 1.54) is 11.8 Å². The molecular formula is C19H23NO2. The number of amides is 1. The Kier molecular flexibility index (Phi) is 5.59. The van der Waals surface area contributed by atoms with E-state index in [9.17, 15) is 4.79 Å². The molecule has 1 aliphatic carbocycles. The molecule has 22 heavy (non-hydrogen) atoms. The summed E-state index contributed by atoms with van der Waals surface area (Å²) in [6, 6.07) is 7.93. The van der Waals surface area contributed by atoms with Crippen LogP contribution in [-0.4, -0.2) is 5.91 Å². The van der Waals surface area contributed by atoms with Crippen molar-refractivity contribution in [2.24, 2.45) is 0 Å². The predicted octanol–water partition coefficient (Wildman–Crippen LogP) is 4.44. The molecule has 1 aromatic rings. The van der Waals surface area contributed by atoms with Crippen LogP contribution in [0.25, 0.3) is 0 Å². The van der Waals surface area contributed by atoms with Crippen LogP contribution in [0.3, 0.4) is 0 Å². The van der Waals surface area contributed by atoms with E-state index in [0.717, 1.165) is 24.3 Å². The van der Waals surface area contributed by atoms with E-state index in [4.69, 9.17) is 4.74 Å². The molecule has 1 aliphatic rings. The molecule has 3 nitrogen and oxygen atoms in total. The van der Waals surface area contributed by atoms with Gasteiger partial charge in [0, 0.05) is 11.3 Å². The summed E-state index contributed by atoms with van der Waals surface area (Å²) in [6.45, 7) is 6.04. The Morgan fingerprint density at radius 2 is 1.95 bits per heavy atom. The first kappa shape index (κ1) is 16.1.